The molecule has 1 aromatic heterocycles. The molecule has 0 radical (unpaired) electrons. The number of nitrogens with two attached hydrogens (primary N) is 3. The van der Waals surface area contributed by atoms with Gasteiger partial charge in [0.15, 0.2) is 5.82 Å². The van der Waals surface area contributed by atoms with E-state index in [1.165, 1.54) is 23.9 Å². The van der Waals surface area contributed by atoms with Crippen molar-refractivity contribution >= 4 is 53.4 Å². The highest BCUT2D eigenvalue weighted by molar-refractivity contribution is 7.98. The van der Waals surface area contributed by atoms with E-state index in [9.17, 15) is 28.8 Å². The number of nitrogen functional groups attached to an aromatic ring is 1. The zero-order valence-electron chi connectivity index (χ0n) is 28.2. The number of hydrogen-bond donors (Lipinski definition) is 8. The molecule has 268 valence electrons. The normalized spacial score (nSPS) is 13.3. The maximum absolute atomic E-state index is 14.0. The molecular weight excluding hydrogens is 650 g/mol. The van der Waals surface area contributed by atoms with Crippen molar-refractivity contribution in [2.24, 2.45) is 23.2 Å². The van der Waals surface area contributed by atoms with Gasteiger partial charge in [-0.15, -0.1) is 0 Å². The lowest BCUT2D eigenvalue weighted by Gasteiger charge is -2.27. The van der Waals surface area contributed by atoms with Crippen LogP contribution >= 0.6 is 11.8 Å². The number of unbranched alkanes of at least 4 members (excludes halogenated alkanes) is 1. The summed E-state index contributed by atoms with van der Waals surface area (Å²) in [6.07, 6.45) is 4.33. The van der Waals surface area contributed by atoms with E-state index in [0.29, 0.717) is 38.0 Å². The van der Waals surface area contributed by atoms with Crippen molar-refractivity contribution in [3.05, 3.63) is 59.3 Å². The van der Waals surface area contributed by atoms with Crippen LogP contribution in [0, 0.1) is 5.92 Å². The first-order chi connectivity index (χ1) is 23.4. The lowest BCUT2D eigenvalue weighted by Crippen LogP contribution is -2.58. The van der Waals surface area contributed by atoms with Crippen LogP contribution in [-0.4, -0.2) is 83.5 Å². The average Bonchev–Trinajstić information content (AvgIpc) is 3.08. The Morgan fingerprint density at radius 1 is 0.857 bits per heavy atom. The Bertz CT molecular complexity index is 1410. The number of benzene rings is 1. The van der Waals surface area contributed by atoms with Crippen molar-refractivity contribution < 1.29 is 28.8 Å². The number of nitrogens with zero attached hydrogens (tertiary/aromatic N) is 1. The number of carbonyl (C=O) groups is 6. The number of aromatic nitrogens is 1. The highest BCUT2D eigenvalue weighted by atomic mass is 32.2. The Hall–Kier alpha value is -4.54. The molecule has 1 aromatic carbocycles. The zero-order chi connectivity index (χ0) is 36.3. The number of hydrogen-bond acceptors (Lipinski definition) is 11. The van der Waals surface area contributed by atoms with Gasteiger partial charge in [0.1, 0.15) is 23.8 Å². The van der Waals surface area contributed by atoms with Crippen LogP contribution in [-0.2, 0) is 25.6 Å². The van der Waals surface area contributed by atoms with Crippen molar-refractivity contribution in [2.45, 2.75) is 76.5 Å². The van der Waals surface area contributed by atoms with Gasteiger partial charge >= 0.3 is 0 Å². The summed E-state index contributed by atoms with van der Waals surface area (Å²) in [5.74, 6) is 2.92. The van der Waals surface area contributed by atoms with Crippen LogP contribution < -0.4 is 44.0 Å². The molecule has 2 rings (SSSR count). The Balaban J connectivity index is 2.40. The highest BCUT2D eigenvalue weighted by Gasteiger charge is 2.32. The summed E-state index contributed by atoms with van der Waals surface area (Å²) in [4.78, 5) is 81.7. The van der Waals surface area contributed by atoms with Crippen molar-refractivity contribution in [1.29, 1.82) is 0 Å². The van der Waals surface area contributed by atoms with Crippen LogP contribution in [0.1, 0.15) is 72.4 Å². The van der Waals surface area contributed by atoms with Gasteiger partial charge in [-0.3, -0.25) is 28.8 Å². The van der Waals surface area contributed by atoms with E-state index in [0.717, 1.165) is 5.56 Å². The predicted octanol–water partition coefficient (Wildman–Crippen LogP) is 0.389. The summed E-state index contributed by atoms with van der Waals surface area (Å²) in [6.45, 7) is 4.16. The predicted molar refractivity (Wildman–Crippen MR) is 189 cm³/mol. The summed E-state index contributed by atoms with van der Waals surface area (Å²) in [5.41, 5.74) is 14.0. The second-order valence-electron chi connectivity index (χ2n) is 11.9. The lowest BCUT2D eigenvalue weighted by molar-refractivity contribution is -0.133. The van der Waals surface area contributed by atoms with Crippen molar-refractivity contribution in [2.75, 3.05) is 24.0 Å². The summed E-state index contributed by atoms with van der Waals surface area (Å²) >= 11 is 1.52. The number of rotatable bonds is 23. The third-order valence-electron chi connectivity index (χ3n) is 7.58. The van der Waals surface area contributed by atoms with Gasteiger partial charge < -0.3 is 38.2 Å². The lowest BCUT2D eigenvalue weighted by atomic mass is 9.99. The Morgan fingerprint density at radius 3 is 2.08 bits per heavy atom. The minimum Gasteiger partial charge on any atom is -0.365 e. The first kappa shape index (κ1) is 40.6. The molecule has 0 bridgehead atoms. The Labute approximate surface area is 291 Å². The molecule has 16 heteroatoms. The van der Waals surface area contributed by atoms with Gasteiger partial charge in [0, 0.05) is 6.42 Å². The molecule has 1 heterocycles. The quantitative estimate of drug-likeness (QED) is 0.0259. The van der Waals surface area contributed by atoms with Crippen molar-refractivity contribution in [1.82, 2.24) is 26.3 Å². The highest BCUT2D eigenvalue weighted by Crippen LogP contribution is 2.16. The van der Waals surface area contributed by atoms with Gasteiger partial charge in [-0.1, -0.05) is 44.2 Å². The molecule has 0 saturated carbocycles. The third-order valence-corrected chi connectivity index (χ3v) is 8.23. The first-order valence-corrected chi connectivity index (χ1v) is 17.5. The number of Topliss-reactive ketones (excluding diaryl/α,β-unsaturated/α-hetero) is 1. The summed E-state index contributed by atoms with van der Waals surface area (Å²) in [7, 11) is 0. The monoisotopic (exact) mass is 699 g/mol. The van der Waals surface area contributed by atoms with E-state index < -0.39 is 53.6 Å². The van der Waals surface area contributed by atoms with Gasteiger partial charge in [0.2, 0.25) is 29.9 Å². The molecule has 0 aliphatic carbocycles. The number of carbonyl (C=O) groups excluding carboxylic acids is 6. The fraction of sp³-hybridized carbons (Fsp3) is 0.485. The van der Waals surface area contributed by atoms with Crippen molar-refractivity contribution in [3.63, 3.8) is 0 Å². The van der Waals surface area contributed by atoms with Crippen LogP contribution in [0.4, 0.5) is 5.82 Å². The molecule has 5 amide bonds. The number of ketones is 1. The van der Waals surface area contributed by atoms with E-state index >= 15 is 0 Å². The maximum atomic E-state index is 14.0. The molecule has 15 nitrogen and oxygen atoms in total. The second-order valence-corrected chi connectivity index (χ2v) is 12.9. The number of nitrogens with one attached hydrogen (secondary N) is 5. The molecule has 0 aliphatic heterocycles. The van der Waals surface area contributed by atoms with Gasteiger partial charge in [-0.05, 0) is 74.3 Å². The molecule has 0 spiro atoms. The van der Waals surface area contributed by atoms with Crippen LogP contribution in [0.5, 0.6) is 0 Å². The number of thioether (sulfide) groups is 1. The van der Waals surface area contributed by atoms with Crippen molar-refractivity contribution in [3.8, 4) is 0 Å². The molecule has 11 N–H and O–H groups in total. The van der Waals surface area contributed by atoms with E-state index in [1.807, 2.05) is 26.2 Å². The van der Waals surface area contributed by atoms with E-state index in [2.05, 4.69) is 31.7 Å². The fourth-order valence-corrected chi connectivity index (χ4v) is 5.50. The molecule has 0 unspecified atom stereocenters. The maximum Gasteiger partial charge on any atom is 0.252 e. The smallest absolute Gasteiger partial charge is 0.252 e. The Kier molecular flexibility index (Phi) is 17.8. The van der Waals surface area contributed by atoms with Crippen LogP contribution in [0.3, 0.4) is 0 Å². The molecular formula is C33H49N9O6S. The largest absolute Gasteiger partial charge is 0.365 e. The summed E-state index contributed by atoms with van der Waals surface area (Å²) in [6, 6.07) is 7.60. The van der Waals surface area contributed by atoms with Gasteiger partial charge in [0.05, 0.1) is 11.6 Å². The minimum absolute atomic E-state index is 0.00738. The molecule has 0 aliphatic rings. The second kappa shape index (κ2) is 21.4. The third kappa shape index (κ3) is 13.5. The van der Waals surface area contributed by atoms with Gasteiger partial charge in [-0.2, -0.15) is 11.8 Å². The molecule has 49 heavy (non-hydrogen) atoms. The van der Waals surface area contributed by atoms with E-state index in [4.69, 9.17) is 17.3 Å². The molecule has 4 atom stereocenters. The molecule has 0 fully saturated rings. The van der Waals surface area contributed by atoms with Gasteiger partial charge in [0.25, 0.3) is 5.91 Å². The number of amides is 5. The summed E-state index contributed by atoms with van der Waals surface area (Å²) in [5, 5.41) is 10.8. The van der Waals surface area contributed by atoms with Crippen LogP contribution in [0.2, 0.25) is 0 Å². The van der Waals surface area contributed by atoms with E-state index in [1.54, 1.807) is 24.3 Å². The Morgan fingerprint density at radius 2 is 1.49 bits per heavy atom. The van der Waals surface area contributed by atoms with E-state index in [-0.39, 0.29) is 42.3 Å². The molecule has 2 aromatic rings. The minimum atomic E-state index is -1.14. The molecule has 0 saturated heterocycles. The SMILES string of the molecule is CSCC[C@H](NC=O)C(=O)N[C@@H](CC(C)C)C(=O)N[C@@H](Cc1ccccc1)C(=O)N[C@@H](CCCCN)C(=O)c1ccc(C(N)=O)c(NN)n1. The van der Waals surface area contributed by atoms with Crippen LogP contribution in [0.25, 0.3) is 0 Å². The standard InChI is InChI=1S/C33H49N9O6S/c1-20(2)17-26(40-31(46)25(37-19-43)14-16-49-3)32(47)41-27(18-21-9-5-4-6-10-21)33(48)39-23(11-7-8-15-34)28(44)24-13-12-22(29(35)45)30(38-24)42-36/h4-6,9-10,12-13,19-20,23,25-27H,7-8,11,14-18,34,36H2,1-3H3,(H2,35,45)(H,37,43)(H,38,42)(H,39,48)(H,40,46)(H,41,47)/t23-,25-,26-,27-/m0/s1. The van der Waals surface area contributed by atoms with Crippen LogP contribution in [0.15, 0.2) is 42.5 Å². The number of hydrazine groups is 1. The number of anilines is 1. The number of pyridine rings is 1. The average molecular weight is 700 g/mol. The number of primary amides is 1. The first-order valence-electron chi connectivity index (χ1n) is 16.1. The summed E-state index contributed by atoms with van der Waals surface area (Å²) < 4.78 is 0. The zero-order valence-corrected chi connectivity index (χ0v) is 29.0. The topological polar surface area (TPSA) is 254 Å². The van der Waals surface area contributed by atoms with Gasteiger partial charge in [-0.25, -0.2) is 10.8 Å². The fourth-order valence-electron chi connectivity index (χ4n) is 5.03.